The molecule has 1 unspecified atom stereocenters. The molecule has 1 rings (SSSR count). The van der Waals surface area contributed by atoms with E-state index >= 15 is 0 Å². The minimum atomic E-state index is 0.0536. The zero-order valence-corrected chi connectivity index (χ0v) is 14.3. The first-order valence-electron chi connectivity index (χ1n) is 8.84. The lowest BCUT2D eigenvalue weighted by molar-refractivity contribution is 0.296. The van der Waals surface area contributed by atoms with E-state index in [1.807, 2.05) is 0 Å². The number of nitrogens with zero attached hydrogens (tertiary/aromatic N) is 2. The zero-order chi connectivity index (χ0) is 14.8. The monoisotopic (exact) mass is 280 g/mol. The molecule has 118 valence electrons. The van der Waals surface area contributed by atoms with Crippen molar-refractivity contribution in [2.24, 2.45) is 4.99 Å². The Balaban J connectivity index is 2.43. The highest BCUT2D eigenvalue weighted by Crippen LogP contribution is 2.21. The number of hydrogen-bond donors (Lipinski definition) is 0. The Morgan fingerprint density at radius 2 is 1.80 bits per heavy atom. The second kappa shape index (κ2) is 9.41. The average molecular weight is 280 g/mol. The molecule has 0 spiro atoms. The van der Waals surface area contributed by atoms with Gasteiger partial charge < -0.3 is 4.90 Å². The van der Waals surface area contributed by atoms with Gasteiger partial charge in [0.25, 0.3) is 0 Å². The SMILES string of the molecule is CCCCCCCC1CCCCCN1C=NC(C)(C)C. The predicted molar refractivity (Wildman–Crippen MR) is 90.6 cm³/mol. The first-order chi connectivity index (χ1) is 9.53. The number of aliphatic imine (C=N–C) groups is 1. The highest BCUT2D eigenvalue weighted by molar-refractivity contribution is 5.56. The smallest absolute Gasteiger partial charge is 0.0858 e. The molecule has 20 heavy (non-hydrogen) atoms. The summed E-state index contributed by atoms with van der Waals surface area (Å²) in [6.45, 7) is 10.0. The summed E-state index contributed by atoms with van der Waals surface area (Å²) in [4.78, 5) is 7.27. The first kappa shape index (κ1) is 17.5. The molecule has 0 N–H and O–H groups in total. The molecular formula is C18H36N2. The average Bonchev–Trinajstić information content (AvgIpc) is 2.60. The second-order valence-corrected chi connectivity index (χ2v) is 7.36. The number of hydrogen-bond acceptors (Lipinski definition) is 1. The van der Waals surface area contributed by atoms with Crippen LogP contribution in [0.1, 0.15) is 91.9 Å². The predicted octanol–water partition coefficient (Wildman–Crippen LogP) is 5.42. The summed E-state index contributed by atoms with van der Waals surface area (Å²) >= 11 is 0. The minimum Gasteiger partial charge on any atom is -0.360 e. The number of likely N-dealkylation sites (tertiary alicyclic amines) is 1. The van der Waals surface area contributed by atoms with Crippen molar-refractivity contribution in [3.05, 3.63) is 0 Å². The van der Waals surface area contributed by atoms with E-state index in [9.17, 15) is 0 Å². The molecule has 1 heterocycles. The van der Waals surface area contributed by atoms with Crippen LogP contribution >= 0.6 is 0 Å². The second-order valence-electron chi connectivity index (χ2n) is 7.36. The van der Waals surface area contributed by atoms with Crippen LogP contribution in [0.15, 0.2) is 4.99 Å². The van der Waals surface area contributed by atoms with E-state index in [4.69, 9.17) is 4.99 Å². The van der Waals surface area contributed by atoms with Crippen LogP contribution in [0.25, 0.3) is 0 Å². The maximum Gasteiger partial charge on any atom is 0.0858 e. The molecule has 1 aliphatic heterocycles. The summed E-state index contributed by atoms with van der Waals surface area (Å²) in [6, 6.07) is 0.741. The zero-order valence-electron chi connectivity index (χ0n) is 14.3. The van der Waals surface area contributed by atoms with E-state index in [0.717, 1.165) is 6.04 Å². The fraction of sp³-hybridized carbons (Fsp3) is 0.944. The van der Waals surface area contributed by atoms with Gasteiger partial charge in [0.1, 0.15) is 0 Å². The third-order valence-electron chi connectivity index (χ3n) is 4.16. The molecule has 0 aromatic carbocycles. The molecule has 0 aliphatic carbocycles. The normalized spacial score (nSPS) is 21.4. The third-order valence-corrected chi connectivity index (χ3v) is 4.16. The van der Waals surface area contributed by atoms with Gasteiger partial charge in [0, 0.05) is 12.6 Å². The van der Waals surface area contributed by atoms with E-state index in [1.54, 1.807) is 0 Å². The highest BCUT2D eigenvalue weighted by Gasteiger charge is 2.19. The molecule has 2 heteroatoms. The van der Waals surface area contributed by atoms with Crippen molar-refractivity contribution in [3.63, 3.8) is 0 Å². The molecule has 0 aromatic rings. The fourth-order valence-electron chi connectivity index (χ4n) is 2.89. The van der Waals surface area contributed by atoms with Crippen LogP contribution in [-0.4, -0.2) is 29.4 Å². The van der Waals surface area contributed by atoms with Crippen LogP contribution in [0, 0.1) is 0 Å². The van der Waals surface area contributed by atoms with E-state index in [1.165, 1.54) is 70.8 Å². The lowest BCUT2D eigenvalue weighted by atomic mass is 10.0. The lowest BCUT2D eigenvalue weighted by Crippen LogP contribution is -2.34. The Bertz CT molecular complexity index is 265. The topological polar surface area (TPSA) is 15.6 Å². The summed E-state index contributed by atoms with van der Waals surface area (Å²) in [7, 11) is 0. The number of rotatable bonds is 7. The van der Waals surface area contributed by atoms with Crippen LogP contribution in [0.2, 0.25) is 0 Å². The molecule has 0 amide bonds. The molecule has 2 nitrogen and oxygen atoms in total. The first-order valence-corrected chi connectivity index (χ1v) is 8.84. The summed E-state index contributed by atoms with van der Waals surface area (Å²) in [6.07, 6.45) is 16.0. The molecule has 0 bridgehead atoms. The van der Waals surface area contributed by atoms with Gasteiger partial charge in [0.2, 0.25) is 0 Å². The van der Waals surface area contributed by atoms with Gasteiger partial charge in [-0.2, -0.15) is 0 Å². The van der Waals surface area contributed by atoms with Gasteiger partial charge in [0.05, 0.1) is 11.9 Å². The van der Waals surface area contributed by atoms with Crippen LogP contribution in [0.3, 0.4) is 0 Å². The van der Waals surface area contributed by atoms with E-state index in [2.05, 4.69) is 38.9 Å². The molecule has 0 saturated carbocycles. The maximum atomic E-state index is 4.73. The van der Waals surface area contributed by atoms with Crippen molar-refractivity contribution >= 4 is 6.34 Å². The fourth-order valence-corrected chi connectivity index (χ4v) is 2.89. The summed E-state index contributed by atoms with van der Waals surface area (Å²) in [5.41, 5.74) is 0.0536. The molecular weight excluding hydrogens is 244 g/mol. The van der Waals surface area contributed by atoms with Crippen LogP contribution in [0.5, 0.6) is 0 Å². The third kappa shape index (κ3) is 7.91. The maximum absolute atomic E-state index is 4.73. The van der Waals surface area contributed by atoms with Crippen LogP contribution < -0.4 is 0 Å². The van der Waals surface area contributed by atoms with Gasteiger partial charge >= 0.3 is 0 Å². The quantitative estimate of drug-likeness (QED) is 0.345. The molecule has 1 aliphatic rings. The molecule has 0 radical (unpaired) electrons. The Hall–Kier alpha value is -0.530. The van der Waals surface area contributed by atoms with Crippen molar-refractivity contribution in [1.82, 2.24) is 4.90 Å². The molecule has 1 fully saturated rings. The molecule has 1 saturated heterocycles. The van der Waals surface area contributed by atoms with E-state index in [-0.39, 0.29) is 5.54 Å². The van der Waals surface area contributed by atoms with Crippen molar-refractivity contribution in [2.75, 3.05) is 6.54 Å². The van der Waals surface area contributed by atoms with Crippen LogP contribution in [0.4, 0.5) is 0 Å². The Morgan fingerprint density at radius 3 is 2.50 bits per heavy atom. The Labute approximate surface area is 127 Å². The van der Waals surface area contributed by atoms with E-state index < -0.39 is 0 Å². The Morgan fingerprint density at radius 1 is 1.05 bits per heavy atom. The summed E-state index contributed by atoms with van der Waals surface area (Å²) < 4.78 is 0. The van der Waals surface area contributed by atoms with Crippen molar-refractivity contribution in [1.29, 1.82) is 0 Å². The van der Waals surface area contributed by atoms with Gasteiger partial charge in [-0.3, -0.25) is 4.99 Å². The van der Waals surface area contributed by atoms with Crippen molar-refractivity contribution in [3.8, 4) is 0 Å². The molecule has 1 atom stereocenters. The summed E-state index contributed by atoms with van der Waals surface area (Å²) in [5.74, 6) is 0. The van der Waals surface area contributed by atoms with E-state index in [0.29, 0.717) is 0 Å². The summed E-state index contributed by atoms with van der Waals surface area (Å²) in [5, 5.41) is 0. The lowest BCUT2D eigenvalue weighted by Gasteiger charge is -2.29. The Kier molecular flexibility index (Phi) is 8.25. The minimum absolute atomic E-state index is 0.0536. The standard InChI is InChI=1S/C18H36N2/c1-5-6-7-8-10-13-17-14-11-9-12-15-20(17)16-19-18(2,3)4/h16-17H,5-15H2,1-4H3. The highest BCUT2D eigenvalue weighted by atomic mass is 15.2. The van der Waals surface area contributed by atoms with Gasteiger partial charge in [-0.25, -0.2) is 0 Å². The molecule has 0 aromatic heterocycles. The van der Waals surface area contributed by atoms with Gasteiger partial charge in [-0.15, -0.1) is 0 Å². The largest absolute Gasteiger partial charge is 0.360 e. The van der Waals surface area contributed by atoms with Crippen LogP contribution in [-0.2, 0) is 0 Å². The number of unbranched alkanes of at least 4 members (excludes halogenated alkanes) is 4. The van der Waals surface area contributed by atoms with Crippen molar-refractivity contribution in [2.45, 2.75) is 103 Å². The van der Waals surface area contributed by atoms with Gasteiger partial charge in [-0.1, -0.05) is 51.9 Å². The van der Waals surface area contributed by atoms with Gasteiger partial charge in [0.15, 0.2) is 0 Å². The van der Waals surface area contributed by atoms with Crippen molar-refractivity contribution < 1.29 is 0 Å². The van der Waals surface area contributed by atoms with Gasteiger partial charge in [-0.05, 0) is 40.0 Å².